The summed E-state index contributed by atoms with van der Waals surface area (Å²) in [5.74, 6) is -0.307. The van der Waals surface area contributed by atoms with E-state index in [1.54, 1.807) is 36.4 Å². The standard InChI is InChI=1S/C19H21Br2FO2STe/c1-3-4-5-19(26(20,21)18-12-8-16(22)9-13-18)14-25(23,24)17-10-6-15(2)7-11-17/h6-14H,3-5H2,1-2H3/b19-14+. The molecule has 2 rings (SSSR count). The summed E-state index contributed by atoms with van der Waals surface area (Å²) >= 11 is 4.39. The van der Waals surface area contributed by atoms with Crippen LogP contribution in [0.25, 0.3) is 0 Å². The van der Waals surface area contributed by atoms with Crippen molar-refractivity contribution in [3.8, 4) is 0 Å². The average molecular weight is 620 g/mol. The van der Waals surface area contributed by atoms with Crippen LogP contribution in [0.1, 0.15) is 31.7 Å². The van der Waals surface area contributed by atoms with Crippen LogP contribution in [0, 0.1) is 12.7 Å². The minimum atomic E-state index is -3.55. The van der Waals surface area contributed by atoms with Gasteiger partial charge in [-0.15, -0.1) is 0 Å². The topological polar surface area (TPSA) is 34.1 Å². The Hall–Kier alpha value is -0.190. The molecule has 0 N–H and O–H groups in total. The van der Waals surface area contributed by atoms with Crippen molar-refractivity contribution < 1.29 is 12.8 Å². The van der Waals surface area contributed by atoms with Crippen molar-refractivity contribution in [2.24, 2.45) is 0 Å². The van der Waals surface area contributed by atoms with E-state index in [9.17, 15) is 12.8 Å². The molecule has 0 aliphatic heterocycles. The molecule has 0 aromatic heterocycles. The Balaban J connectivity index is 2.49. The molecule has 142 valence electrons. The number of rotatable bonds is 7. The van der Waals surface area contributed by atoms with Crippen molar-refractivity contribution in [3.05, 3.63) is 68.9 Å². The molecule has 2 aromatic carbocycles. The summed E-state index contributed by atoms with van der Waals surface area (Å²) in [6.45, 7) is 3.99. The molecular weight excluding hydrogens is 599 g/mol. The number of hydrogen-bond acceptors (Lipinski definition) is 2. The number of allylic oxidation sites excluding steroid dienone is 1. The average Bonchev–Trinajstić information content (AvgIpc) is 2.59. The summed E-state index contributed by atoms with van der Waals surface area (Å²) in [7, 11) is -3.55. The van der Waals surface area contributed by atoms with Gasteiger partial charge in [0.2, 0.25) is 0 Å². The Morgan fingerprint density at radius 3 is 2.19 bits per heavy atom. The van der Waals surface area contributed by atoms with Crippen LogP contribution >= 0.6 is 25.5 Å². The zero-order valence-electron chi connectivity index (χ0n) is 14.6. The molecule has 0 saturated heterocycles. The van der Waals surface area contributed by atoms with Gasteiger partial charge in [0.25, 0.3) is 0 Å². The molecule has 0 unspecified atom stereocenters. The molecule has 0 spiro atoms. The van der Waals surface area contributed by atoms with Crippen LogP contribution in [-0.2, 0) is 9.84 Å². The van der Waals surface area contributed by atoms with Gasteiger partial charge in [0, 0.05) is 0 Å². The maximum absolute atomic E-state index is 13.3. The number of halogens is 3. The molecular formula is C19H21Br2FO2STe. The first kappa shape index (κ1) is 22.1. The van der Waals surface area contributed by atoms with E-state index in [4.69, 9.17) is 0 Å². The molecule has 0 bridgehead atoms. The Morgan fingerprint density at radius 1 is 1.08 bits per heavy atom. The van der Waals surface area contributed by atoms with Gasteiger partial charge in [-0.3, -0.25) is 0 Å². The quantitative estimate of drug-likeness (QED) is 0.375. The number of benzene rings is 2. The second-order valence-corrected chi connectivity index (χ2v) is 32.1. The second kappa shape index (κ2) is 9.34. The fourth-order valence-electron chi connectivity index (χ4n) is 2.32. The Bertz CT molecular complexity index is 877. The van der Waals surface area contributed by atoms with Gasteiger partial charge in [-0.2, -0.15) is 0 Å². The third kappa shape index (κ3) is 5.65. The van der Waals surface area contributed by atoms with Gasteiger partial charge in [0.05, 0.1) is 0 Å². The Kier molecular flexibility index (Phi) is 7.94. The second-order valence-electron chi connectivity index (χ2n) is 5.97. The van der Waals surface area contributed by atoms with Gasteiger partial charge in [-0.05, 0) is 0 Å². The molecule has 0 radical (unpaired) electrons. The van der Waals surface area contributed by atoms with Crippen LogP contribution in [0.15, 0.2) is 62.5 Å². The van der Waals surface area contributed by atoms with E-state index in [-0.39, 0.29) is 10.7 Å². The van der Waals surface area contributed by atoms with E-state index in [1.165, 1.54) is 17.5 Å². The molecule has 0 saturated carbocycles. The summed E-state index contributed by atoms with van der Waals surface area (Å²) in [6.07, 6.45) is 2.53. The normalized spacial score (nSPS) is 13.7. The number of unbranched alkanes of at least 4 members (excludes halogenated alkanes) is 1. The first-order chi connectivity index (χ1) is 12.2. The number of aryl methyl sites for hydroxylation is 1. The Labute approximate surface area is 171 Å². The number of hydrogen-bond donors (Lipinski definition) is 0. The molecule has 2 aromatic rings. The third-order valence-electron chi connectivity index (χ3n) is 3.85. The minimum absolute atomic E-state index is 0.287. The van der Waals surface area contributed by atoms with Crippen LogP contribution in [-0.4, -0.2) is 22.2 Å². The molecule has 0 aliphatic carbocycles. The zero-order chi connectivity index (χ0) is 19.4. The predicted octanol–water partition coefficient (Wildman–Crippen LogP) is 5.66. The van der Waals surface area contributed by atoms with E-state index in [0.717, 1.165) is 25.6 Å². The number of sulfone groups is 1. The first-order valence-electron chi connectivity index (χ1n) is 8.17. The molecule has 7 heteroatoms. The summed E-state index contributed by atoms with van der Waals surface area (Å²) in [6, 6.07) is 13.1. The predicted molar refractivity (Wildman–Crippen MR) is 116 cm³/mol. The maximum atomic E-state index is 13.3. The van der Waals surface area contributed by atoms with Crippen LogP contribution in [0.2, 0.25) is 0 Å². The van der Waals surface area contributed by atoms with Crippen molar-refractivity contribution >= 4 is 52.7 Å². The van der Waals surface area contributed by atoms with E-state index >= 15 is 0 Å². The monoisotopic (exact) mass is 620 g/mol. The molecule has 26 heavy (non-hydrogen) atoms. The van der Waals surface area contributed by atoms with E-state index in [0.29, 0.717) is 6.42 Å². The summed E-state index contributed by atoms with van der Waals surface area (Å²) in [5, 5.41) is 1.40. The summed E-state index contributed by atoms with van der Waals surface area (Å²) in [4.78, 5) is 0.287. The Morgan fingerprint density at radius 2 is 1.65 bits per heavy atom. The van der Waals surface area contributed by atoms with Crippen molar-refractivity contribution in [1.29, 1.82) is 0 Å². The van der Waals surface area contributed by atoms with Gasteiger partial charge in [-0.1, -0.05) is 0 Å². The SMILES string of the molecule is CCCC/C(=C\S(=O)(=O)c1ccc(C)cc1)[Te](Br)(Br)c1ccc(F)cc1. The fraction of sp³-hybridized carbons (Fsp3) is 0.263. The molecule has 0 atom stereocenters. The van der Waals surface area contributed by atoms with Gasteiger partial charge >= 0.3 is 172 Å². The fourth-order valence-corrected chi connectivity index (χ4v) is 17.2. The van der Waals surface area contributed by atoms with Gasteiger partial charge < -0.3 is 0 Å². The van der Waals surface area contributed by atoms with Gasteiger partial charge in [0.15, 0.2) is 0 Å². The van der Waals surface area contributed by atoms with Gasteiger partial charge in [-0.25, -0.2) is 0 Å². The molecule has 0 fully saturated rings. The van der Waals surface area contributed by atoms with Crippen molar-refractivity contribution in [2.45, 2.75) is 38.0 Å². The van der Waals surface area contributed by atoms with Crippen LogP contribution < -0.4 is 3.61 Å². The van der Waals surface area contributed by atoms with Crippen molar-refractivity contribution in [3.63, 3.8) is 0 Å². The first-order valence-corrected chi connectivity index (χ1v) is 22.5. The van der Waals surface area contributed by atoms with Crippen LogP contribution in [0.5, 0.6) is 0 Å². The van der Waals surface area contributed by atoms with E-state index < -0.39 is 23.6 Å². The summed E-state index contributed by atoms with van der Waals surface area (Å²) in [5.41, 5.74) is 1.01. The molecule has 0 heterocycles. The van der Waals surface area contributed by atoms with E-state index in [1.807, 2.05) is 6.92 Å². The molecule has 0 aliphatic rings. The third-order valence-corrected chi connectivity index (χ3v) is 21.7. The van der Waals surface area contributed by atoms with Crippen molar-refractivity contribution in [2.75, 3.05) is 0 Å². The zero-order valence-corrected chi connectivity index (χ0v) is 20.9. The van der Waals surface area contributed by atoms with Crippen LogP contribution in [0.3, 0.4) is 0 Å². The van der Waals surface area contributed by atoms with E-state index in [2.05, 4.69) is 32.4 Å². The molecule has 2 nitrogen and oxygen atoms in total. The molecule has 0 amide bonds. The van der Waals surface area contributed by atoms with Gasteiger partial charge in [0.1, 0.15) is 0 Å². The van der Waals surface area contributed by atoms with Crippen LogP contribution in [0.4, 0.5) is 4.39 Å². The summed E-state index contributed by atoms with van der Waals surface area (Å²) < 4.78 is 40.9. The van der Waals surface area contributed by atoms with Crippen molar-refractivity contribution in [1.82, 2.24) is 0 Å².